The van der Waals surface area contributed by atoms with Gasteiger partial charge in [-0.15, -0.1) is 0 Å². The molecule has 0 fully saturated rings. The Hall–Kier alpha value is -1.89. The number of nitrogens with zero attached hydrogens (tertiary/aromatic N) is 1. The number of hydrogen-bond donors (Lipinski definition) is 0. The molecule has 0 aliphatic carbocycles. The minimum absolute atomic E-state index is 0.928. The summed E-state index contributed by atoms with van der Waals surface area (Å²) in [6.07, 6.45) is 1.06. The van der Waals surface area contributed by atoms with Crippen molar-refractivity contribution in [1.29, 1.82) is 0 Å². The van der Waals surface area contributed by atoms with Gasteiger partial charge in [-0.25, -0.2) is 0 Å². The zero-order chi connectivity index (χ0) is 11.7. The van der Waals surface area contributed by atoms with Crippen molar-refractivity contribution in [2.75, 3.05) is 6.54 Å². The molecule has 2 aromatic carbocycles. The van der Waals surface area contributed by atoms with Crippen LogP contribution < -0.4 is 0 Å². The van der Waals surface area contributed by atoms with E-state index >= 15 is 0 Å². The fraction of sp³-hybridized carbons (Fsp3) is 0.188. The first-order chi connectivity index (χ1) is 8.36. The number of fused-ring (bicyclic) bond motifs is 1. The fourth-order valence-electron chi connectivity index (χ4n) is 2.52. The molecule has 0 aromatic heterocycles. The zero-order valence-corrected chi connectivity index (χ0v) is 9.98. The summed E-state index contributed by atoms with van der Waals surface area (Å²) in [4.78, 5) is 4.57. The summed E-state index contributed by atoms with van der Waals surface area (Å²) in [6, 6.07) is 17.1. The first-order valence-electron chi connectivity index (χ1n) is 6.05. The molecule has 1 aliphatic rings. The zero-order valence-electron chi connectivity index (χ0n) is 9.98. The Kier molecular flexibility index (Phi) is 2.52. The first-order valence-corrected chi connectivity index (χ1v) is 6.05. The number of aliphatic imine (C=N–C) groups is 1. The van der Waals surface area contributed by atoms with E-state index in [1.165, 1.54) is 28.0 Å². The van der Waals surface area contributed by atoms with E-state index in [4.69, 9.17) is 0 Å². The largest absolute Gasteiger partial charge is 0.289 e. The second kappa shape index (κ2) is 4.17. The lowest BCUT2D eigenvalue weighted by Gasteiger charge is -2.18. The fourth-order valence-corrected chi connectivity index (χ4v) is 2.52. The summed E-state index contributed by atoms with van der Waals surface area (Å²) in [5.74, 6) is 0. The average molecular weight is 221 g/mol. The molecule has 84 valence electrons. The van der Waals surface area contributed by atoms with E-state index < -0.39 is 0 Å². The highest BCUT2D eigenvalue weighted by Gasteiger charge is 2.15. The van der Waals surface area contributed by atoms with E-state index in [1.807, 2.05) is 0 Å². The lowest BCUT2D eigenvalue weighted by Crippen LogP contribution is -2.11. The van der Waals surface area contributed by atoms with Gasteiger partial charge in [0.05, 0.1) is 0 Å². The predicted octanol–water partition coefficient (Wildman–Crippen LogP) is 3.72. The summed E-state index contributed by atoms with van der Waals surface area (Å²) in [7, 11) is 0. The summed E-state index contributed by atoms with van der Waals surface area (Å²) < 4.78 is 0. The molecular weight excluding hydrogens is 206 g/mol. The van der Waals surface area contributed by atoms with Gasteiger partial charge in [-0.2, -0.15) is 0 Å². The second-order valence-corrected chi connectivity index (χ2v) is 4.42. The van der Waals surface area contributed by atoms with Gasteiger partial charge in [0.1, 0.15) is 0 Å². The van der Waals surface area contributed by atoms with Crippen LogP contribution in [0.5, 0.6) is 0 Å². The third-order valence-corrected chi connectivity index (χ3v) is 3.33. The van der Waals surface area contributed by atoms with Gasteiger partial charge < -0.3 is 0 Å². The molecule has 0 radical (unpaired) electrons. The van der Waals surface area contributed by atoms with Gasteiger partial charge in [0.2, 0.25) is 0 Å². The van der Waals surface area contributed by atoms with Crippen LogP contribution in [-0.4, -0.2) is 12.3 Å². The number of benzene rings is 2. The Bertz CT molecular complexity index is 567. The van der Waals surface area contributed by atoms with Crippen LogP contribution in [-0.2, 0) is 6.42 Å². The quantitative estimate of drug-likeness (QED) is 0.696. The van der Waals surface area contributed by atoms with Crippen LogP contribution in [0.25, 0.3) is 11.1 Å². The number of rotatable bonds is 1. The van der Waals surface area contributed by atoms with Gasteiger partial charge in [-0.05, 0) is 30.0 Å². The van der Waals surface area contributed by atoms with Crippen molar-refractivity contribution >= 4 is 5.71 Å². The Labute approximate surface area is 102 Å². The van der Waals surface area contributed by atoms with Crippen molar-refractivity contribution in [2.24, 2.45) is 4.99 Å². The second-order valence-electron chi connectivity index (χ2n) is 4.42. The van der Waals surface area contributed by atoms with E-state index in [-0.39, 0.29) is 0 Å². The molecule has 0 bridgehead atoms. The molecular formula is C16H15N. The molecule has 0 saturated heterocycles. The van der Waals surface area contributed by atoms with Crippen LogP contribution in [0.3, 0.4) is 0 Å². The number of hydrogen-bond acceptors (Lipinski definition) is 1. The highest BCUT2D eigenvalue weighted by molar-refractivity contribution is 6.06. The molecule has 1 heteroatoms. The maximum absolute atomic E-state index is 4.57. The molecule has 0 N–H and O–H groups in total. The van der Waals surface area contributed by atoms with Crippen molar-refractivity contribution in [3.05, 3.63) is 59.7 Å². The Balaban J connectivity index is 2.23. The highest BCUT2D eigenvalue weighted by Crippen LogP contribution is 2.29. The van der Waals surface area contributed by atoms with Crippen molar-refractivity contribution in [1.82, 2.24) is 0 Å². The van der Waals surface area contributed by atoms with Crippen molar-refractivity contribution in [2.45, 2.75) is 13.3 Å². The van der Waals surface area contributed by atoms with Crippen LogP contribution in [0.4, 0.5) is 0 Å². The van der Waals surface area contributed by atoms with Gasteiger partial charge in [-0.3, -0.25) is 4.99 Å². The SMILES string of the molecule is CC1=NCCc2cccc(-c3ccccc3)c21. The Morgan fingerprint density at radius 3 is 2.59 bits per heavy atom. The van der Waals surface area contributed by atoms with Gasteiger partial charge in [0.25, 0.3) is 0 Å². The molecule has 0 atom stereocenters. The topological polar surface area (TPSA) is 12.4 Å². The molecule has 0 saturated carbocycles. The Morgan fingerprint density at radius 2 is 1.76 bits per heavy atom. The Morgan fingerprint density at radius 1 is 0.941 bits per heavy atom. The molecule has 1 aliphatic heterocycles. The third kappa shape index (κ3) is 1.78. The minimum atomic E-state index is 0.928. The molecule has 3 rings (SSSR count). The molecule has 0 unspecified atom stereocenters. The smallest absolute Gasteiger partial charge is 0.0433 e. The molecule has 1 nitrogen and oxygen atoms in total. The summed E-state index contributed by atoms with van der Waals surface area (Å²) in [6.45, 7) is 3.04. The van der Waals surface area contributed by atoms with Crippen molar-refractivity contribution < 1.29 is 0 Å². The summed E-state index contributed by atoms with van der Waals surface area (Å²) >= 11 is 0. The van der Waals surface area contributed by atoms with Gasteiger partial charge in [-0.1, -0.05) is 48.5 Å². The molecule has 2 aromatic rings. The minimum Gasteiger partial charge on any atom is -0.289 e. The molecule has 17 heavy (non-hydrogen) atoms. The molecule has 0 spiro atoms. The van der Waals surface area contributed by atoms with Crippen LogP contribution >= 0.6 is 0 Å². The maximum atomic E-state index is 4.57. The van der Waals surface area contributed by atoms with Gasteiger partial charge in [0, 0.05) is 17.8 Å². The standard InChI is InChI=1S/C16H15N/c1-12-16-14(10-11-17-12)8-5-9-15(16)13-6-3-2-4-7-13/h2-9H,10-11H2,1H3. The summed E-state index contributed by atoms with van der Waals surface area (Å²) in [5, 5.41) is 0. The predicted molar refractivity (Wildman–Crippen MR) is 72.7 cm³/mol. The van der Waals surface area contributed by atoms with Crippen LogP contribution in [0.1, 0.15) is 18.1 Å². The van der Waals surface area contributed by atoms with E-state index in [0.29, 0.717) is 0 Å². The highest BCUT2D eigenvalue weighted by atomic mass is 14.7. The maximum Gasteiger partial charge on any atom is 0.0433 e. The lowest BCUT2D eigenvalue weighted by atomic mass is 9.90. The monoisotopic (exact) mass is 221 g/mol. The van der Waals surface area contributed by atoms with Gasteiger partial charge in [0.15, 0.2) is 0 Å². The van der Waals surface area contributed by atoms with E-state index in [1.54, 1.807) is 0 Å². The van der Waals surface area contributed by atoms with Crippen LogP contribution in [0.2, 0.25) is 0 Å². The summed E-state index contributed by atoms with van der Waals surface area (Å²) in [5.41, 5.74) is 6.53. The van der Waals surface area contributed by atoms with E-state index in [2.05, 4.69) is 60.4 Å². The van der Waals surface area contributed by atoms with E-state index in [9.17, 15) is 0 Å². The van der Waals surface area contributed by atoms with Crippen molar-refractivity contribution in [3.63, 3.8) is 0 Å². The van der Waals surface area contributed by atoms with Crippen LogP contribution in [0.15, 0.2) is 53.5 Å². The van der Waals surface area contributed by atoms with E-state index in [0.717, 1.165) is 13.0 Å². The average Bonchev–Trinajstić information content (AvgIpc) is 2.39. The molecule has 0 amide bonds. The van der Waals surface area contributed by atoms with Crippen molar-refractivity contribution in [3.8, 4) is 11.1 Å². The lowest BCUT2D eigenvalue weighted by molar-refractivity contribution is 0.942. The third-order valence-electron chi connectivity index (χ3n) is 3.33. The van der Waals surface area contributed by atoms with Crippen LogP contribution in [0, 0.1) is 0 Å². The normalized spacial score (nSPS) is 14.1. The first kappa shape index (κ1) is 10.3. The molecule has 1 heterocycles. The van der Waals surface area contributed by atoms with Gasteiger partial charge >= 0.3 is 0 Å².